The van der Waals surface area contributed by atoms with Gasteiger partial charge in [0.15, 0.2) is 0 Å². The second-order valence-electron chi connectivity index (χ2n) is 5.53. The molecule has 22 heavy (non-hydrogen) atoms. The Bertz CT molecular complexity index is 608. The number of benzene rings is 2. The van der Waals surface area contributed by atoms with Gasteiger partial charge in [0.25, 0.3) is 0 Å². The molecule has 0 spiro atoms. The van der Waals surface area contributed by atoms with E-state index < -0.39 is 0 Å². The van der Waals surface area contributed by atoms with Crippen LogP contribution in [0.3, 0.4) is 0 Å². The van der Waals surface area contributed by atoms with E-state index in [-0.39, 0.29) is 5.91 Å². The number of hydrogen-bond acceptors (Lipinski definition) is 2. The highest BCUT2D eigenvalue weighted by molar-refractivity contribution is 5.91. The minimum Gasteiger partial charge on any atom is -0.326 e. The molecule has 3 heteroatoms. The van der Waals surface area contributed by atoms with Gasteiger partial charge in [0.1, 0.15) is 0 Å². The maximum atomic E-state index is 12.0. The average molecular weight is 296 g/mol. The molecule has 0 radical (unpaired) electrons. The third kappa shape index (κ3) is 5.01. The van der Waals surface area contributed by atoms with Crippen molar-refractivity contribution in [3.8, 4) is 0 Å². The molecule has 0 fully saturated rings. The van der Waals surface area contributed by atoms with E-state index in [2.05, 4.69) is 35.8 Å². The molecule has 0 bridgehead atoms. The number of anilines is 1. The van der Waals surface area contributed by atoms with E-state index in [0.29, 0.717) is 13.0 Å². The van der Waals surface area contributed by atoms with E-state index in [1.165, 1.54) is 11.1 Å². The summed E-state index contributed by atoms with van der Waals surface area (Å²) in [5, 5.41) is 6.30. The molecule has 2 N–H and O–H groups in total. The number of carbonyl (C=O) groups is 1. The number of rotatable bonds is 7. The Morgan fingerprint density at radius 2 is 1.73 bits per heavy atom. The lowest BCUT2D eigenvalue weighted by molar-refractivity contribution is -0.116. The van der Waals surface area contributed by atoms with Gasteiger partial charge < -0.3 is 10.6 Å². The van der Waals surface area contributed by atoms with Crippen LogP contribution in [0, 0.1) is 13.8 Å². The zero-order valence-electron chi connectivity index (χ0n) is 13.4. The van der Waals surface area contributed by atoms with E-state index in [1.54, 1.807) is 0 Å². The standard InChI is InChI=1S/C19H24N2O/c1-15-7-6-10-18(16(15)2)21-19(22)12-14-20-13-11-17-8-4-3-5-9-17/h3-10,20H,11-14H2,1-2H3,(H,21,22). The van der Waals surface area contributed by atoms with Crippen LogP contribution in [-0.2, 0) is 11.2 Å². The summed E-state index contributed by atoms with van der Waals surface area (Å²) in [6.45, 7) is 5.67. The molecule has 116 valence electrons. The van der Waals surface area contributed by atoms with Gasteiger partial charge in [-0.05, 0) is 49.6 Å². The molecular formula is C19H24N2O. The van der Waals surface area contributed by atoms with Crippen LogP contribution in [0.5, 0.6) is 0 Å². The molecule has 1 amide bonds. The molecule has 0 aliphatic carbocycles. The largest absolute Gasteiger partial charge is 0.326 e. The SMILES string of the molecule is Cc1cccc(NC(=O)CCNCCc2ccccc2)c1C. The van der Waals surface area contributed by atoms with Crippen molar-refractivity contribution >= 4 is 11.6 Å². The summed E-state index contributed by atoms with van der Waals surface area (Å²) in [5.74, 6) is 0.0564. The highest BCUT2D eigenvalue weighted by Gasteiger charge is 2.05. The van der Waals surface area contributed by atoms with E-state index >= 15 is 0 Å². The molecular weight excluding hydrogens is 272 g/mol. The first-order chi connectivity index (χ1) is 10.7. The van der Waals surface area contributed by atoms with Crippen molar-refractivity contribution in [2.45, 2.75) is 26.7 Å². The summed E-state index contributed by atoms with van der Waals surface area (Å²) < 4.78 is 0. The smallest absolute Gasteiger partial charge is 0.225 e. The lowest BCUT2D eigenvalue weighted by Gasteiger charge is -2.10. The normalized spacial score (nSPS) is 10.5. The minimum atomic E-state index is 0.0564. The van der Waals surface area contributed by atoms with Gasteiger partial charge in [0, 0.05) is 18.7 Å². The Kier molecular flexibility index (Phi) is 6.16. The van der Waals surface area contributed by atoms with Crippen LogP contribution in [0.2, 0.25) is 0 Å². The maximum Gasteiger partial charge on any atom is 0.225 e. The first-order valence-corrected chi connectivity index (χ1v) is 7.77. The molecule has 2 aromatic carbocycles. The number of aryl methyl sites for hydroxylation is 1. The van der Waals surface area contributed by atoms with Gasteiger partial charge >= 0.3 is 0 Å². The van der Waals surface area contributed by atoms with Crippen molar-refractivity contribution in [3.63, 3.8) is 0 Å². The highest BCUT2D eigenvalue weighted by Crippen LogP contribution is 2.17. The second kappa shape index (κ2) is 8.35. The monoisotopic (exact) mass is 296 g/mol. The van der Waals surface area contributed by atoms with Gasteiger partial charge in [0.2, 0.25) is 5.91 Å². The Labute approximate surface area is 132 Å². The van der Waals surface area contributed by atoms with E-state index in [1.807, 2.05) is 37.3 Å². The molecule has 3 nitrogen and oxygen atoms in total. The van der Waals surface area contributed by atoms with Crippen molar-refractivity contribution in [1.82, 2.24) is 5.32 Å². The van der Waals surface area contributed by atoms with Crippen LogP contribution in [0.15, 0.2) is 48.5 Å². The third-order valence-electron chi connectivity index (χ3n) is 3.84. The molecule has 2 rings (SSSR count). The lowest BCUT2D eigenvalue weighted by Crippen LogP contribution is -2.23. The first kappa shape index (κ1) is 16.2. The summed E-state index contributed by atoms with van der Waals surface area (Å²) in [6.07, 6.45) is 1.47. The Morgan fingerprint density at radius 3 is 2.50 bits per heavy atom. The predicted octanol–water partition coefficient (Wildman–Crippen LogP) is 3.46. The van der Waals surface area contributed by atoms with Crippen LogP contribution in [0.4, 0.5) is 5.69 Å². The summed E-state index contributed by atoms with van der Waals surface area (Å²) in [6, 6.07) is 16.3. The summed E-state index contributed by atoms with van der Waals surface area (Å²) in [7, 11) is 0. The van der Waals surface area contributed by atoms with Gasteiger partial charge in [-0.3, -0.25) is 4.79 Å². The summed E-state index contributed by atoms with van der Waals surface area (Å²) in [4.78, 5) is 12.0. The molecule has 0 aromatic heterocycles. The highest BCUT2D eigenvalue weighted by atomic mass is 16.1. The average Bonchev–Trinajstić information content (AvgIpc) is 2.52. The molecule has 0 aliphatic heterocycles. The van der Waals surface area contributed by atoms with Crippen molar-refractivity contribution in [3.05, 3.63) is 65.2 Å². The van der Waals surface area contributed by atoms with Gasteiger partial charge in [-0.15, -0.1) is 0 Å². The fourth-order valence-electron chi connectivity index (χ4n) is 2.30. The van der Waals surface area contributed by atoms with Gasteiger partial charge in [-0.25, -0.2) is 0 Å². The Morgan fingerprint density at radius 1 is 0.955 bits per heavy atom. The third-order valence-corrected chi connectivity index (χ3v) is 3.84. The number of hydrogen-bond donors (Lipinski definition) is 2. The fourth-order valence-corrected chi connectivity index (χ4v) is 2.30. The van der Waals surface area contributed by atoms with Crippen LogP contribution in [-0.4, -0.2) is 19.0 Å². The maximum absolute atomic E-state index is 12.0. The summed E-state index contributed by atoms with van der Waals surface area (Å²) >= 11 is 0. The Balaban J connectivity index is 1.67. The number of carbonyl (C=O) groups excluding carboxylic acids is 1. The second-order valence-corrected chi connectivity index (χ2v) is 5.53. The molecule has 2 aromatic rings. The molecule has 0 heterocycles. The molecule has 0 aliphatic rings. The van der Waals surface area contributed by atoms with Crippen molar-refractivity contribution in [2.75, 3.05) is 18.4 Å². The van der Waals surface area contributed by atoms with Gasteiger partial charge in [-0.2, -0.15) is 0 Å². The quantitative estimate of drug-likeness (QED) is 0.768. The minimum absolute atomic E-state index is 0.0564. The lowest BCUT2D eigenvalue weighted by atomic mass is 10.1. The van der Waals surface area contributed by atoms with Crippen LogP contribution >= 0.6 is 0 Å². The van der Waals surface area contributed by atoms with Gasteiger partial charge in [0.05, 0.1) is 0 Å². The molecule has 0 saturated carbocycles. The van der Waals surface area contributed by atoms with Crippen LogP contribution in [0.25, 0.3) is 0 Å². The van der Waals surface area contributed by atoms with Crippen molar-refractivity contribution in [1.29, 1.82) is 0 Å². The first-order valence-electron chi connectivity index (χ1n) is 7.77. The van der Waals surface area contributed by atoms with E-state index in [0.717, 1.165) is 24.2 Å². The Hall–Kier alpha value is -2.13. The van der Waals surface area contributed by atoms with E-state index in [4.69, 9.17) is 0 Å². The van der Waals surface area contributed by atoms with Crippen molar-refractivity contribution in [2.24, 2.45) is 0 Å². The zero-order chi connectivity index (χ0) is 15.8. The molecule has 0 atom stereocenters. The van der Waals surface area contributed by atoms with E-state index in [9.17, 15) is 4.79 Å². The molecule has 0 saturated heterocycles. The predicted molar refractivity (Wildman–Crippen MR) is 92.2 cm³/mol. The van der Waals surface area contributed by atoms with Crippen LogP contribution in [0.1, 0.15) is 23.1 Å². The number of amides is 1. The zero-order valence-corrected chi connectivity index (χ0v) is 13.4. The summed E-state index contributed by atoms with van der Waals surface area (Å²) in [5.41, 5.74) is 4.55. The van der Waals surface area contributed by atoms with Gasteiger partial charge in [-0.1, -0.05) is 42.5 Å². The van der Waals surface area contributed by atoms with Crippen LogP contribution < -0.4 is 10.6 Å². The topological polar surface area (TPSA) is 41.1 Å². The number of nitrogens with one attached hydrogen (secondary N) is 2. The van der Waals surface area contributed by atoms with Crippen molar-refractivity contribution < 1.29 is 4.79 Å². The molecule has 0 unspecified atom stereocenters. The fraction of sp³-hybridized carbons (Fsp3) is 0.316.